The van der Waals surface area contributed by atoms with Crippen molar-refractivity contribution in [3.8, 4) is 0 Å². The molecule has 1 aliphatic rings. The van der Waals surface area contributed by atoms with Gasteiger partial charge < -0.3 is 9.84 Å². The molecule has 0 atom stereocenters. The molecule has 16 heavy (non-hydrogen) atoms. The molecule has 0 aliphatic carbocycles. The molecule has 6 nitrogen and oxygen atoms in total. The Bertz CT molecular complexity index is 239. The van der Waals surface area contributed by atoms with Gasteiger partial charge in [-0.1, -0.05) is 0 Å². The van der Waals surface area contributed by atoms with Crippen LogP contribution >= 0.6 is 0 Å². The van der Waals surface area contributed by atoms with Gasteiger partial charge in [-0.2, -0.15) is 0 Å². The summed E-state index contributed by atoms with van der Waals surface area (Å²) in [6, 6.07) is 0. The lowest BCUT2D eigenvalue weighted by atomic mass is 10.3. The number of aliphatic carboxylic acids is 1. The highest BCUT2D eigenvalue weighted by Crippen LogP contribution is 1.96. The SMILES string of the molecule is O=C(O)CCC(=O)OCCN1CC[N]CC1. The number of hydrogen-bond donors (Lipinski definition) is 1. The minimum absolute atomic E-state index is 0.0509. The Morgan fingerprint density at radius 1 is 1.25 bits per heavy atom. The zero-order valence-electron chi connectivity index (χ0n) is 9.22. The van der Waals surface area contributed by atoms with Crippen LogP contribution in [0.4, 0.5) is 0 Å². The fourth-order valence-electron chi connectivity index (χ4n) is 1.44. The standard InChI is InChI=1S/C10H17N2O4/c13-9(14)1-2-10(15)16-8-7-12-5-3-11-4-6-12/h1-8H2,(H,13,14). The number of nitrogens with zero attached hydrogens (tertiary/aromatic N) is 2. The molecule has 0 aromatic carbocycles. The number of piperazine rings is 1. The van der Waals surface area contributed by atoms with Crippen molar-refractivity contribution in [3.63, 3.8) is 0 Å². The third kappa shape index (κ3) is 5.67. The first kappa shape index (κ1) is 12.9. The van der Waals surface area contributed by atoms with E-state index < -0.39 is 11.9 Å². The normalized spacial score (nSPS) is 17.0. The van der Waals surface area contributed by atoms with E-state index in [4.69, 9.17) is 9.84 Å². The van der Waals surface area contributed by atoms with Crippen molar-refractivity contribution in [1.29, 1.82) is 0 Å². The maximum atomic E-state index is 11.1. The minimum atomic E-state index is -0.977. The molecular formula is C10H17N2O4. The van der Waals surface area contributed by atoms with Crippen molar-refractivity contribution in [2.24, 2.45) is 0 Å². The number of ether oxygens (including phenoxy) is 1. The van der Waals surface area contributed by atoms with Crippen LogP contribution in [0.1, 0.15) is 12.8 Å². The van der Waals surface area contributed by atoms with Gasteiger partial charge in [-0.3, -0.25) is 14.5 Å². The smallest absolute Gasteiger partial charge is 0.306 e. The van der Waals surface area contributed by atoms with Crippen LogP contribution in [-0.4, -0.2) is 61.3 Å². The average molecular weight is 229 g/mol. The molecule has 0 bridgehead atoms. The van der Waals surface area contributed by atoms with Gasteiger partial charge in [0.05, 0.1) is 12.8 Å². The Balaban J connectivity index is 2.01. The highest BCUT2D eigenvalue weighted by atomic mass is 16.5. The van der Waals surface area contributed by atoms with Gasteiger partial charge in [0.15, 0.2) is 0 Å². The Morgan fingerprint density at radius 3 is 2.56 bits per heavy atom. The summed E-state index contributed by atoms with van der Waals surface area (Å²) in [4.78, 5) is 23.4. The van der Waals surface area contributed by atoms with E-state index in [1.165, 1.54) is 0 Å². The van der Waals surface area contributed by atoms with Crippen molar-refractivity contribution in [1.82, 2.24) is 10.2 Å². The van der Waals surface area contributed by atoms with Crippen LogP contribution < -0.4 is 5.32 Å². The molecule has 0 amide bonds. The summed E-state index contributed by atoms with van der Waals surface area (Å²) in [5, 5.41) is 12.6. The molecule has 91 valence electrons. The molecule has 1 rings (SSSR count). The second kappa shape index (κ2) is 7.19. The van der Waals surface area contributed by atoms with Gasteiger partial charge in [0.25, 0.3) is 0 Å². The summed E-state index contributed by atoms with van der Waals surface area (Å²) < 4.78 is 4.92. The van der Waals surface area contributed by atoms with Crippen molar-refractivity contribution in [2.45, 2.75) is 12.8 Å². The van der Waals surface area contributed by atoms with Crippen molar-refractivity contribution in [2.75, 3.05) is 39.3 Å². The monoisotopic (exact) mass is 229 g/mol. The van der Waals surface area contributed by atoms with Crippen LogP contribution in [0, 0.1) is 0 Å². The number of esters is 1. The first-order chi connectivity index (χ1) is 7.68. The van der Waals surface area contributed by atoms with Crippen LogP contribution in [0.15, 0.2) is 0 Å². The Labute approximate surface area is 94.6 Å². The molecule has 1 radical (unpaired) electrons. The maximum Gasteiger partial charge on any atom is 0.306 e. The molecule has 1 aliphatic heterocycles. The fourth-order valence-corrected chi connectivity index (χ4v) is 1.44. The maximum absolute atomic E-state index is 11.1. The first-order valence-corrected chi connectivity index (χ1v) is 5.41. The van der Waals surface area contributed by atoms with E-state index in [1.807, 2.05) is 0 Å². The number of hydrogen-bond acceptors (Lipinski definition) is 4. The lowest BCUT2D eigenvalue weighted by Gasteiger charge is -2.25. The first-order valence-electron chi connectivity index (χ1n) is 5.41. The van der Waals surface area contributed by atoms with Crippen LogP contribution in [0.25, 0.3) is 0 Å². The molecule has 1 saturated heterocycles. The van der Waals surface area contributed by atoms with E-state index in [0.29, 0.717) is 13.2 Å². The molecule has 0 unspecified atom stereocenters. The van der Waals surface area contributed by atoms with E-state index in [-0.39, 0.29) is 12.8 Å². The molecule has 1 N–H and O–H groups in total. The summed E-state index contributed by atoms with van der Waals surface area (Å²) in [5.41, 5.74) is 0. The average Bonchev–Trinajstić information content (AvgIpc) is 2.28. The second-order valence-electron chi connectivity index (χ2n) is 3.63. The highest BCUT2D eigenvalue weighted by molar-refractivity contribution is 5.76. The van der Waals surface area contributed by atoms with Crippen molar-refractivity contribution >= 4 is 11.9 Å². The quantitative estimate of drug-likeness (QED) is 0.610. The molecule has 0 saturated carbocycles. The van der Waals surface area contributed by atoms with Crippen LogP contribution in [0.2, 0.25) is 0 Å². The summed E-state index contributed by atoms with van der Waals surface area (Å²) in [6.45, 7) is 4.53. The summed E-state index contributed by atoms with van der Waals surface area (Å²) in [7, 11) is 0. The fraction of sp³-hybridized carbons (Fsp3) is 0.800. The van der Waals surface area contributed by atoms with Crippen LogP contribution in [-0.2, 0) is 14.3 Å². The van der Waals surface area contributed by atoms with Crippen molar-refractivity contribution < 1.29 is 19.4 Å². The summed E-state index contributed by atoms with van der Waals surface area (Å²) >= 11 is 0. The zero-order chi connectivity index (χ0) is 11.8. The predicted octanol–water partition coefficient (Wildman–Crippen LogP) is -0.686. The number of carboxylic acid groups (broad SMARTS) is 1. The molecule has 0 spiro atoms. The number of carboxylic acids is 1. The van der Waals surface area contributed by atoms with Gasteiger partial charge in [-0.25, -0.2) is 5.32 Å². The molecule has 0 aromatic rings. The highest BCUT2D eigenvalue weighted by Gasteiger charge is 2.11. The van der Waals surface area contributed by atoms with Gasteiger partial charge >= 0.3 is 11.9 Å². The van der Waals surface area contributed by atoms with E-state index in [2.05, 4.69) is 10.2 Å². The van der Waals surface area contributed by atoms with Gasteiger partial charge in [0, 0.05) is 32.7 Å². The number of rotatable bonds is 6. The third-order valence-corrected chi connectivity index (χ3v) is 2.36. The Hall–Kier alpha value is -1.14. The molecule has 1 fully saturated rings. The van der Waals surface area contributed by atoms with E-state index in [0.717, 1.165) is 26.2 Å². The van der Waals surface area contributed by atoms with E-state index in [9.17, 15) is 9.59 Å². The Morgan fingerprint density at radius 2 is 1.94 bits per heavy atom. The number of carbonyl (C=O) groups excluding carboxylic acids is 1. The van der Waals surface area contributed by atoms with Crippen LogP contribution in [0.5, 0.6) is 0 Å². The predicted molar refractivity (Wildman–Crippen MR) is 56.1 cm³/mol. The van der Waals surface area contributed by atoms with E-state index >= 15 is 0 Å². The van der Waals surface area contributed by atoms with Gasteiger partial charge in [0.2, 0.25) is 0 Å². The van der Waals surface area contributed by atoms with Gasteiger partial charge in [-0.15, -0.1) is 0 Å². The molecular weight excluding hydrogens is 212 g/mol. The topological polar surface area (TPSA) is 80.9 Å². The zero-order valence-corrected chi connectivity index (χ0v) is 9.22. The van der Waals surface area contributed by atoms with Crippen LogP contribution in [0.3, 0.4) is 0 Å². The van der Waals surface area contributed by atoms with Gasteiger partial charge in [0.1, 0.15) is 6.61 Å². The minimum Gasteiger partial charge on any atom is -0.481 e. The lowest BCUT2D eigenvalue weighted by Crippen LogP contribution is -2.41. The second-order valence-corrected chi connectivity index (χ2v) is 3.63. The largest absolute Gasteiger partial charge is 0.481 e. The summed E-state index contributed by atoms with van der Waals surface area (Å²) in [6.07, 6.45) is -0.216. The lowest BCUT2D eigenvalue weighted by molar-refractivity contribution is -0.148. The third-order valence-electron chi connectivity index (χ3n) is 2.36. The van der Waals surface area contributed by atoms with Gasteiger partial charge in [-0.05, 0) is 0 Å². The molecule has 0 aromatic heterocycles. The number of carbonyl (C=O) groups is 2. The summed E-state index contributed by atoms with van der Waals surface area (Å²) in [5.74, 6) is -1.42. The van der Waals surface area contributed by atoms with Crippen molar-refractivity contribution in [3.05, 3.63) is 0 Å². The molecule has 1 heterocycles. The molecule has 6 heteroatoms. The Kier molecular flexibility index (Phi) is 5.81. The van der Waals surface area contributed by atoms with E-state index in [1.54, 1.807) is 0 Å².